The van der Waals surface area contributed by atoms with E-state index in [1.807, 2.05) is 77.7 Å². The number of nitrogens with zero attached hydrogens (tertiary/aromatic N) is 3. The van der Waals surface area contributed by atoms with E-state index < -0.39 is 0 Å². The van der Waals surface area contributed by atoms with Crippen molar-refractivity contribution in [1.29, 1.82) is 0 Å². The lowest BCUT2D eigenvalue weighted by atomic mass is 10.1. The number of methoxy groups -OCH3 is 1. The van der Waals surface area contributed by atoms with Crippen LogP contribution in [0.4, 0.5) is 5.69 Å². The van der Waals surface area contributed by atoms with Crippen LogP contribution in [0.15, 0.2) is 77.8 Å². The van der Waals surface area contributed by atoms with E-state index in [9.17, 15) is 4.79 Å². The van der Waals surface area contributed by atoms with Gasteiger partial charge in [-0.05, 0) is 36.4 Å². The summed E-state index contributed by atoms with van der Waals surface area (Å²) in [6.07, 6.45) is 0. The van der Waals surface area contributed by atoms with Crippen molar-refractivity contribution in [3.8, 4) is 17.2 Å². The number of carbonyl (C=O) groups is 1. The lowest BCUT2D eigenvalue weighted by molar-refractivity contribution is 0.0692. The van der Waals surface area contributed by atoms with Crippen molar-refractivity contribution >= 4 is 17.4 Å². The Morgan fingerprint density at radius 3 is 2.42 bits per heavy atom. The van der Waals surface area contributed by atoms with Gasteiger partial charge in [-0.15, -0.1) is 0 Å². The maximum absolute atomic E-state index is 12.8. The topological polar surface area (TPSA) is 54.4 Å². The van der Waals surface area contributed by atoms with Crippen molar-refractivity contribution in [2.24, 2.45) is 4.99 Å². The fourth-order valence-corrected chi connectivity index (χ4v) is 3.95. The average molecular weight is 413 g/mol. The highest BCUT2D eigenvalue weighted by Crippen LogP contribution is 2.39. The number of carbonyl (C=O) groups excluding carboxylic acids is 1. The Bertz CT molecular complexity index is 1140. The van der Waals surface area contributed by atoms with Crippen molar-refractivity contribution in [2.75, 3.05) is 33.3 Å². The molecule has 6 heteroatoms. The standard InChI is InChI=1S/C25H23N3O3/c1-30-19-11-12-20-23(17-19)31-22-10-6-5-9-21(22)26-24(20)27-13-15-28(16-14-27)25(29)18-7-3-2-4-8-18/h2-12,17H,13-16H2,1H3. The van der Waals surface area contributed by atoms with E-state index in [4.69, 9.17) is 14.5 Å². The van der Waals surface area contributed by atoms with Crippen LogP contribution in [0.1, 0.15) is 15.9 Å². The Kier molecular flexibility index (Phi) is 5.04. The van der Waals surface area contributed by atoms with Crippen LogP contribution in [0.25, 0.3) is 0 Å². The number of para-hydroxylation sites is 2. The lowest BCUT2D eigenvalue weighted by Crippen LogP contribution is -2.50. The van der Waals surface area contributed by atoms with Crippen LogP contribution in [0.5, 0.6) is 17.2 Å². The van der Waals surface area contributed by atoms with Gasteiger partial charge in [0.25, 0.3) is 5.91 Å². The number of amides is 1. The van der Waals surface area contributed by atoms with Gasteiger partial charge in [-0.2, -0.15) is 0 Å². The Morgan fingerprint density at radius 1 is 0.903 bits per heavy atom. The Hall–Kier alpha value is -3.80. The van der Waals surface area contributed by atoms with Gasteiger partial charge in [-0.3, -0.25) is 4.79 Å². The zero-order valence-electron chi connectivity index (χ0n) is 17.3. The molecule has 5 rings (SSSR count). The summed E-state index contributed by atoms with van der Waals surface area (Å²) in [5.41, 5.74) is 2.43. The van der Waals surface area contributed by atoms with Crippen LogP contribution in [-0.4, -0.2) is 54.8 Å². The summed E-state index contributed by atoms with van der Waals surface area (Å²) in [6.45, 7) is 2.68. The minimum atomic E-state index is 0.0712. The normalized spacial score (nSPS) is 15.2. The third-order valence-corrected chi connectivity index (χ3v) is 5.63. The fraction of sp³-hybridized carbons (Fsp3) is 0.200. The van der Waals surface area contributed by atoms with Crippen LogP contribution in [0, 0.1) is 0 Å². The second kappa shape index (κ2) is 8.14. The van der Waals surface area contributed by atoms with Crippen molar-refractivity contribution < 1.29 is 14.3 Å². The number of benzene rings is 3. The van der Waals surface area contributed by atoms with Gasteiger partial charge in [0.2, 0.25) is 0 Å². The molecule has 31 heavy (non-hydrogen) atoms. The Morgan fingerprint density at radius 2 is 1.65 bits per heavy atom. The molecule has 1 amide bonds. The highest BCUT2D eigenvalue weighted by Gasteiger charge is 2.28. The second-order valence-electron chi connectivity index (χ2n) is 7.51. The third kappa shape index (κ3) is 3.72. The predicted octanol–water partition coefficient (Wildman–Crippen LogP) is 4.34. The maximum atomic E-state index is 12.8. The molecule has 0 aliphatic carbocycles. The first-order valence-electron chi connectivity index (χ1n) is 10.4. The summed E-state index contributed by atoms with van der Waals surface area (Å²) >= 11 is 0. The van der Waals surface area contributed by atoms with E-state index in [0.717, 1.165) is 28.4 Å². The highest BCUT2D eigenvalue weighted by atomic mass is 16.5. The number of hydrogen-bond donors (Lipinski definition) is 0. The maximum Gasteiger partial charge on any atom is 0.253 e. The molecule has 156 valence electrons. The molecule has 0 spiro atoms. The molecular weight excluding hydrogens is 390 g/mol. The van der Waals surface area contributed by atoms with Gasteiger partial charge >= 0.3 is 0 Å². The second-order valence-corrected chi connectivity index (χ2v) is 7.51. The van der Waals surface area contributed by atoms with E-state index in [-0.39, 0.29) is 5.91 Å². The monoisotopic (exact) mass is 413 g/mol. The predicted molar refractivity (Wildman–Crippen MR) is 120 cm³/mol. The molecule has 1 saturated heterocycles. The highest BCUT2D eigenvalue weighted by molar-refractivity contribution is 6.04. The van der Waals surface area contributed by atoms with Crippen molar-refractivity contribution in [1.82, 2.24) is 9.80 Å². The zero-order valence-corrected chi connectivity index (χ0v) is 17.3. The number of aliphatic imine (C=N–C) groups is 1. The summed E-state index contributed by atoms with van der Waals surface area (Å²) in [7, 11) is 1.64. The molecule has 0 atom stereocenters. The number of piperazine rings is 1. The first-order valence-corrected chi connectivity index (χ1v) is 10.4. The van der Waals surface area contributed by atoms with Crippen molar-refractivity contribution in [3.63, 3.8) is 0 Å². The molecule has 2 aliphatic heterocycles. The van der Waals surface area contributed by atoms with Gasteiger partial charge < -0.3 is 19.3 Å². The molecule has 6 nitrogen and oxygen atoms in total. The summed E-state index contributed by atoms with van der Waals surface area (Å²) < 4.78 is 11.6. The number of ether oxygens (including phenoxy) is 2. The van der Waals surface area contributed by atoms with E-state index in [0.29, 0.717) is 37.7 Å². The number of hydrogen-bond acceptors (Lipinski definition) is 5. The van der Waals surface area contributed by atoms with E-state index in [1.165, 1.54) is 0 Å². The van der Waals surface area contributed by atoms with Crippen LogP contribution < -0.4 is 9.47 Å². The first-order chi connectivity index (χ1) is 15.2. The molecule has 0 radical (unpaired) electrons. The Balaban J connectivity index is 1.43. The molecular formula is C25H23N3O3. The smallest absolute Gasteiger partial charge is 0.253 e. The summed E-state index contributed by atoms with van der Waals surface area (Å²) in [5.74, 6) is 3.09. The van der Waals surface area contributed by atoms with Crippen molar-refractivity contribution in [2.45, 2.75) is 0 Å². The third-order valence-electron chi connectivity index (χ3n) is 5.63. The molecule has 0 unspecified atom stereocenters. The minimum Gasteiger partial charge on any atom is -0.497 e. The summed E-state index contributed by atoms with van der Waals surface area (Å²) in [4.78, 5) is 21.9. The molecule has 2 heterocycles. The van der Waals surface area contributed by atoms with Gasteiger partial charge in [0.1, 0.15) is 23.0 Å². The molecule has 0 bridgehead atoms. The zero-order chi connectivity index (χ0) is 21.2. The summed E-state index contributed by atoms with van der Waals surface area (Å²) in [5, 5.41) is 0. The van der Waals surface area contributed by atoms with Gasteiger partial charge in [0, 0.05) is 37.8 Å². The fourth-order valence-electron chi connectivity index (χ4n) is 3.95. The van der Waals surface area contributed by atoms with Crippen LogP contribution in [0.3, 0.4) is 0 Å². The number of rotatable bonds is 2. The van der Waals surface area contributed by atoms with Crippen molar-refractivity contribution in [3.05, 3.63) is 83.9 Å². The molecule has 0 saturated carbocycles. The van der Waals surface area contributed by atoms with Crippen LogP contribution in [0.2, 0.25) is 0 Å². The SMILES string of the molecule is COc1ccc2c(c1)Oc1ccccc1N=C2N1CCN(C(=O)c2ccccc2)CC1. The largest absolute Gasteiger partial charge is 0.497 e. The van der Waals surface area contributed by atoms with Gasteiger partial charge in [0.15, 0.2) is 5.75 Å². The minimum absolute atomic E-state index is 0.0712. The summed E-state index contributed by atoms with van der Waals surface area (Å²) in [6, 6.07) is 23.0. The Labute approximate surface area is 181 Å². The van der Waals surface area contributed by atoms with Crippen LogP contribution >= 0.6 is 0 Å². The molecule has 3 aromatic carbocycles. The molecule has 2 aliphatic rings. The lowest BCUT2D eigenvalue weighted by Gasteiger charge is -2.36. The average Bonchev–Trinajstić information content (AvgIpc) is 3.00. The number of fused-ring (bicyclic) bond motifs is 2. The molecule has 0 N–H and O–H groups in total. The van der Waals surface area contributed by atoms with Gasteiger partial charge in [-0.1, -0.05) is 30.3 Å². The molecule has 0 aromatic heterocycles. The molecule has 3 aromatic rings. The first kappa shape index (κ1) is 19.2. The van der Waals surface area contributed by atoms with Crippen LogP contribution in [-0.2, 0) is 0 Å². The van der Waals surface area contributed by atoms with E-state index >= 15 is 0 Å². The van der Waals surface area contributed by atoms with Gasteiger partial charge in [0.05, 0.1) is 12.7 Å². The quantitative estimate of drug-likeness (QED) is 0.627. The van der Waals surface area contributed by atoms with E-state index in [1.54, 1.807) is 7.11 Å². The van der Waals surface area contributed by atoms with Gasteiger partial charge in [-0.25, -0.2) is 4.99 Å². The molecule has 1 fully saturated rings. The number of amidine groups is 1. The van der Waals surface area contributed by atoms with E-state index in [2.05, 4.69) is 4.90 Å².